The molecule has 0 radical (unpaired) electrons. The van der Waals surface area contributed by atoms with Gasteiger partial charge < -0.3 is 4.74 Å². The molecule has 60 valence electrons. The predicted octanol–water partition coefficient (Wildman–Crippen LogP) is 2.44. The molecule has 0 saturated heterocycles. The Morgan fingerprint density at radius 2 is 2.20 bits per heavy atom. The number of hydrogen-bond donors (Lipinski definition) is 0. The Balaban J connectivity index is 2.32. The van der Waals surface area contributed by atoms with Gasteiger partial charge in [0.25, 0.3) is 0 Å². The molecule has 0 aromatic heterocycles. The first kappa shape index (κ1) is 8.54. The third kappa shape index (κ3) is 1.54. The van der Waals surface area contributed by atoms with E-state index in [1.54, 1.807) is 7.11 Å². The summed E-state index contributed by atoms with van der Waals surface area (Å²) < 4.78 is 5.11. The van der Waals surface area contributed by atoms with Gasteiger partial charge in [-0.3, -0.25) is 0 Å². The van der Waals surface area contributed by atoms with Gasteiger partial charge in [0.2, 0.25) is 0 Å². The molecule has 0 aromatic carbocycles. The highest BCUT2D eigenvalue weighted by atomic mass is 79.9. The quantitative estimate of drug-likeness (QED) is 0.643. The summed E-state index contributed by atoms with van der Waals surface area (Å²) in [5.74, 6) is 0.719. The maximum atomic E-state index is 5.11. The summed E-state index contributed by atoms with van der Waals surface area (Å²) in [4.78, 5) is 0. The summed E-state index contributed by atoms with van der Waals surface area (Å²) in [6.07, 6.45) is 2.76. The topological polar surface area (TPSA) is 9.23 Å². The Morgan fingerprint density at radius 1 is 1.60 bits per heavy atom. The summed E-state index contributed by atoms with van der Waals surface area (Å²) in [5.41, 5.74) is 0.593. The highest BCUT2D eigenvalue weighted by Gasteiger charge is 2.45. The first-order chi connectivity index (χ1) is 4.75. The van der Waals surface area contributed by atoms with Crippen LogP contribution in [0.5, 0.6) is 0 Å². The molecule has 1 saturated carbocycles. The van der Waals surface area contributed by atoms with E-state index in [0.717, 1.165) is 17.9 Å². The fourth-order valence-electron chi connectivity index (χ4n) is 1.35. The molecule has 1 nitrogen and oxygen atoms in total. The summed E-state index contributed by atoms with van der Waals surface area (Å²) in [7, 11) is 1.78. The van der Waals surface area contributed by atoms with Crippen molar-refractivity contribution in [3.05, 3.63) is 0 Å². The standard InChI is InChI=1S/C8H15BrO/c1-7(5-10-2)8(6-9)3-4-8/h7H,3-6H2,1-2H3. The van der Waals surface area contributed by atoms with Crippen LogP contribution in [0.15, 0.2) is 0 Å². The van der Waals surface area contributed by atoms with E-state index in [2.05, 4.69) is 22.9 Å². The first-order valence-electron chi connectivity index (χ1n) is 3.80. The van der Waals surface area contributed by atoms with Crippen LogP contribution in [0.1, 0.15) is 19.8 Å². The van der Waals surface area contributed by atoms with E-state index in [1.807, 2.05) is 0 Å². The van der Waals surface area contributed by atoms with E-state index in [9.17, 15) is 0 Å². The van der Waals surface area contributed by atoms with Gasteiger partial charge in [-0.15, -0.1) is 0 Å². The molecule has 0 amide bonds. The van der Waals surface area contributed by atoms with E-state index >= 15 is 0 Å². The minimum atomic E-state index is 0.593. The lowest BCUT2D eigenvalue weighted by Crippen LogP contribution is -2.18. The van der Waals surface area contributed by atoms with Crippen molar-refractivity contribution < 1.29 is 4.74 Å². The second-order valence-corrected chi connectivity index (χ2v) is 3.91. The van der Waals surface area contributed by atoms with E-state index in [-0.39, 0.29) is 0 Å². The largest absolute Gasteiger partial charge is 0.384 e. The molecule has 1 unspecified atom stereocenters. The average Bonchev–Trinajstić information content (AvgIpc) is 2.68. The van der Waals surface area contributed by atoms with Crippen molar-refractivity contribution in [3.63, 3.8) is 0 Å². The summed E-state index contributed by atoms with van der Waals surface area (Å²) >= 11 is 3.55. The van der Waals surface area contributed by atoms with E-state index in [1.165, 1.54) is 12.8 Å². The van der Waals surface area contributed by atoms with Gasteiger partial charge in [-0.25, -0.2) is 0 Å². The van der Waals surface area contributed by atoms with Crippen molar-refractivity contribution >= 4 is 15.9 Å². The third-order valence-electron chi connectivity index (χ3n) is 2.62. The second-order valence-electron chi connectivity index (χ2n) is 3.35. The minimum absolute atomic E-state index is 0.593. The maximum absolute atomic E-state index is 5.11. The first-order valence-corrected chi connectivity index (χ1v) is 4.92. The van der Waals surface area contributed by atoms with Crippen LogP contribution in [0, 0.1) is 11.3 Å². The van der Waals surface area contributed by atoms with Gasteiger partial charge in [0.05, 0.1) is 0 Å². The Bertz CT molecular complexity index is 110. The van der Waals surface area contributed by atoms with Gasteiger partial charge in [0, 0.05) is 19.0 Å². The molecule has 0 heterocycles. The van der Waals surface area contributed by atoms with Gasteiger partial charge in [-0.05, 0) is 24.2 Å². The van der Waals surface area contributed by atoms with Crippen molar-refractivity contribution in [1.29, 1.82) is 0 Å². The van der Waals surface area contributed by atoms with Crippen LogP contribution in [0.2, 0.25) is 0 Å². The fraction of sp³-hybridized carbons (Fsp3) is 1.00. The molecule has 1 aliphatic rings. The minimum Gasteiger partial charge on any atom is -0.384 e. The number of hydrogen-bond acceptors (Lipinski definition) is 1. The van der Waals surface area contributed by atoms with Gasteiger partial charge >= 0.3 is 0 Å². The lowest BCUT2D eigenvalue weighted by Gasteiger charge is -2.19. The molecule has 10 heavy (non-hydrogen) atoms. The molecular weight excluding hydrogens is 192 g/mol. The average molecular weight is 207 g/mol. The summed E-state index contributed by atoms with van der Waals surface area (Å²) in [6.45, 7) is 3.18. The van der Waals surface area contributed by atoms with Crippen molar-refractivity contribution in [2.45, 2.75) is 19.8 Å². The Hall–Kier alpha value is 0.440. The predicted molar refractivity (Wildman–Crippen MR) is 46.5 cm³/mol. The van der Waals surface area contributed by atoms with Crippen LogP contribution in [0.3, 0.4) is 0 Å². The highest BCUT2D eigenvalue weighted by Crippen LogP contribution is 2.53. The van der Waals surface area contributed by atoms with E-state index < -0.39 is 0 Å². The van der Waals surface area contributed by atoms with Crippen LogP contribution in [-0.2, 0) is 4.74 Å². The van der Waals surface area contributed by atoms with Gasteiger partial charge in [0.1, 0.15) is 0 Å². The normalized spacial score (nSPS) is 24.3. The van der Waals surface area contributed by atoms with Crippen LogP contribution in [0.25, 0.3) is 0 Å². The van der Waals surface area contributed by atoms with E-state index in [4.69, 9.17) is 4.74 Å². The van der Waals surface area contributed by atoms with Crippen LogP contribution in [0.4, 0.5) is 0 Å². The van der Waals surface area contributed by atoms with Crippen molar-refractivity contribution in [1.82, 2.24) is 0 Å². The van der Waals surface area contributed by atoms with Crippen LogP contribution < -0.4 is 0 Å². The lowest BCUT2D eigenvalue weighted by molar-refractivity contribution is 0.129. The molecule has 0 aromatic rings. The number of alkyl halides is 1. The number of rotatable bonds is 4. The van der Waals surface area contributed by atoms with Crippen molar-refractivity contribution in [2.24, 2.45) is 11.3 Å². The summed E-state index contributed by atoms with van der Waals surface area (Å²) in [5, 5.41) is 1.14. The third-order valence-corrected chi connectivity index (χ3v) is 3.74. The Kier molecular flexibility index (Phi) is 2.75. The number of halogens is 1. The lowest BCUT2D eigenvalue weighted by atomic mass is 9.94. The molecule has 1 rings (SSSR count). The fourth-order valence-corrected chi connectivity index (χ4v) is 2.46. The smallest absolute Gasteiger partial charge is 0.0493 e. The Labute approximate surface area is 71.3 Å². The molecule has 1 atom stereocenters. The van der Waals surface area contributed by atoms with Crippen LogP contribution in [-0.4, -0.2) is 19.0 Å². The van der Waals surface area contributed by atoms with Crippen LogP contribution >= 0.6 is 15.9 Å². The highest BCUT2D eigenvalue weighted by molar-refractivity contribution is 9.09. The zero-order chi connectivity index (χ0) is 7.61. The van der Waals surface area contributed by atoms with Gasteiger partial charge in [-0.1, -0.05) is 22.9 Å². The SMILES string of the molecule is COCC(C)C1(CBr)CC1. The zero-order valence-corrected chi connectivity index (χ0v) is 8.28. The molecule has 0 spiro atoms. The maximum Gasteiger partial charge on any atom is 0.0493 e. The molecular formula is C8H15BrO. The Morgan fingerprint density at radius 3 is 2.50 bits per heavy atom. The molecule has 0 bridgehead atoms. The second kappa shape index (κ2) is 3.22. The van der Waals surface area contributed by atoms with Gasteiger partial charge in [-0.2, -0.15) is 0 Å². The molecule has 2 heteroatoms. The molecule has 0 N–H and O–H groups in total. The zero-order valence-electron chi connectivity index (χ0n) is 6.69. The molecule has 1 aliphatic carbocycles. The van der Waals surface area contributed by atoms with Crippen molar-refractivity contribution in [3.8, 4) is 0 Å². The monoisotopic (exact) mass is 206 g/mol. The summed E-state index contributed by atoms with van der Waals surface area (Å²) in [6, 6.07) is 0. The van der Waals surface area contributed by atoms with E-state index in [0.29, 0.717) is 5.41 Å². The van der Waals surface area contributed by atoms with Gasteiger partial charge in [0.15, 0.2) is 0 Å². The number of methoxy groups -OCH3 is 1. The molecule has 1 fully saturated rings. The number of ether oxygens (including phenoxy) is 1. The molecule has 0 aliphatic heterocycles. The van der Waals surface area contributed by atoms with Crippen molar-refractivity contribution in [2.75, 3.05) is 19.0 Å².